The third-order valence-corrected chi connectivity index (χ3v) is 9.73. The second-order valence-electron chi connectivity index (χ2n) is 13.5. The maximum absolute atomic E-state index is 13.8. The summed E-state index contributed by atoms with van der Waals surface area (Å²) in [5, 5.41) is 21.9. The predicted molar refractivity (Wildman–Crippen MR) is 206 cm³/mol. The lowest BCUT2D eigenvalue weighted by Crippen LogP contribution is -2.21. The van der Waals surface area contributed by atoms with Crippen LogP contribution < -0.4 is 32.0 Å². The van der Waals surface area contributed by atoms with Gasteiger partial charge in [-0.1, -0.05) is 12.1 Å². The zero-order valence-corrected chi connectivity index (χ0v) is 30.0. The maximum Gasteiger partial charge on any atom is 0.339 e. The average Bonchev–Trinajstić information content (AvgIpc) is 3.18. The number of hydrogen-bond donors (Lipinski definition) is 2. The Morgan fingerprint density at radius 2 is 1.28 bits per heavy atom. The minimum absolute atomic E-state index is 0.00800. The van der Waals surface area contributed by atoms with Crippen LogP contribution >= 0.6 is 0 Å². The molecule has 4 aromatic heterocycles. The molecule has 1 unspecified atom stereocenters. The van der Waals surface area contributed by atoms with E-state index in [1.165, 1.54) is 54.6 Å². The average molecular weight is 767 g/mol. The van der Waals surface area contributed by atoms with E-state index in [2.05, 4.69) is 0 Å². The zero-order chi connectivity index (χ0) is 39.4. The van der Waals surface area contributed by atoms with Crippen LogP contribution in [0.4, 0.5) is 0 Å². The SMILES string of the molecule is CCOc1cccc2oc(=O)cc(COC3Oc4ccc(Cc5cc(=O)oc6ccc(O)cc56)cc4-c4oc(=O)c(Cc5cc(=O)oc6ccc(O)cc56)cc43)c12. The molecule has 0 spiro atoms. The highest BCUT2D eigenvalue weighted by Crippen LogP contribution is 2.44. The Morgan fingerprint density at radius 3 is 1.96 bits per heavy atom. The molecule has 0 aliphatic carbocycles. The number of fused-ring (bicyclic) bond motifs is 6. The fourth-order valence-electron chi connectivity index (χ4n) is 7.28. The largest absolute Gasteiger partial charge is 0.508 e. The lowest BCUT2D eigenvalue weighted by Gasteiger charge is -2.28. The summed E-state index contributed by atoms with van der Waals surface area (Å²) >= 11 is 0. The fraction of sp³-hybridized carbons (Fsp3) is 0.136. The van der Waals surface area contributed by atoms with Crippen molar-refractivity contribution >= 4 is 32.9 Å². The number of hydrogen-bond acceptors (Lipinski definition) is 13. The third-order valence-electron chi connectivity index (χ3n) is 9.73. The van der Waals surface area contributed by atoms with Gasteiger partial charge in [-0.25, -0.2) is 19.2 Å². The Kier molecular flexibility index (Phi) is 8.70. The molecule has 284 valence electrons. The second kappa shape index (κ2) is 14.0. The first kappa shape index (κ1) is 35.3. The van der Waals surface area contributed by atoms with Crippen molar-refractivity contribution in [3.05, 3.63) is 172 Å². The summed E-state index contributed by atoms with van der Waals surface area (Å²) in [5.74, 6) is 0.943. The van der Waals surface area contributed by atoms with Crippen LogP contribution in [0, 0.1) is 0 Å². The first-order valence-electron chi connectivity index (χ1n) is 17.9. The topological polar surface area (TPSA) is 189 Å². The van der Waals surface area contributed by atoms with E-state index in [0.29, 0.717) is 73.2 Å². The van der Waals surface area contributed by atoms with Gasteiger partial charge in [0.1, 0.15) is 39.7 Å². The summed E-state index contributed by atoms with van der Waals surface area (Å²) in [6.07, 6.45) is -0.978. The molecule has 0 fully saturated rings. The molecule has 4 aromatic carbocycles. The van der Waals surface area contributed by atoms with Gasteiger partial charge in [0, 0.05) is 41.0 Å². The highest BCUT2D eigenvalue weighted by Gasteiger charge is 2.32. The third kappa shape index (κ3) is 6.70. The van der Waals surface area contributed by atoms with Gasteiger partial charge in [-0.3, -0.25) is 0 Å². The Balaban J connectivity index is 1.14. The van der Waals surface area contributed by atoms with E-state index < -0.39 is 28.8 Å². The van der Waals surface area contributed by atoms with Crippen LogP contribution in [-0.4, -0.2) is 16.8 Å². The molecule has 0 saturated carbocycles. The molecule has 0 radical (unpaired) electrons. The maximum atomic E-state index is 13.8. The van der Waals surface area contributed by atoms with Crippen LogP contribution in [0.25, 0.3) is 44.2 Å². The quantitative estimate of drug-likeness (QED) is 0.140. The number of rotatable bonds is 9. The zero-order valence-electron chi connectivity index (χ0n) is 30.0. The number of phenols is 2. The van der Waals surface area contributed by atoms with Crippen LogP contribution in [0.3, 0.4) is 0 Å². The molecule has 1 aliphatic rings. The standard InChI is InChI=1S/C44H30O13/c1-2-51-36-4-3-5-37-41(36)26(18-40(49)55-37)21-52-44-32-15-25(14-24-17-39(48)54-34-11-8-28(46)20-30(24)34)43(50)57-42(32)31-13-22(6-9-35(31)56-44)12-23-16-38(47)53-33-10-7-27(45)19-29(23)33/h3-11,13,15-20,44-46H,2,12,14,21H2,1H3. The molecule has 1 atom stereocenters. The Labute approximate surface area is 320 Å². The summed E-state index contributed by atoms with van der Waals surface area (Å²) in [5.41, 5.74) is 1.54. The summed E-state index contributed by atoms with van der Waals surface area (Å²) in [6, 6.07) is 24.7. The Bertz CT molecular complexity index is 3150. The van der Waals surface area contributed by atoms with Gasteiger partial charge >= 0.3 is 22.5 Å². The molecule has 9 rings (SSSR count). The van der Waals surface area contributed by atoms with Gasteiger partial charge in [0.15, 0.2) is 5.76 Å². The van der Waals surface area contributed by atoms with Gasteiger partial charge in [0.2, 0.25) is 6.29 Å². The molecule has 0 bridgehead atoms. The van der Waals surface area contributed by atoms with Crippen molar-refractivity contribution in [2.75, 3.05) is 6.61 Å². The van der Waals surface area contributed by atoms with Crippen LogP contribution in [0.5, 0.6) is 23.0 Å². The monoisotopic (exact) mass is 766 g/mol. The van der Waals surface area contributed by atoms with Gasteiger partial charge in [-0.15, -0.1) is 0 Å². The predicted octanol–water partition coefficient (Wildman–Crippen LogP) is 7.23. The Hall–Kier alpha value is -7.38. The van der Waals surface area contributed by atoms with Crippen molar-refractivity contribution in [1.82, 2.24) is 0 Å². The normalized spacial score (nSPS) is 13.4. The van der Waals surface area contributed by atoms with E-state index in [4.69, 9.17) is 31.9 Å². The van der Waals surface area contributed by atoms with Crippen molar-refractivity contribution in [3.8, 4) is 34.3 Å². The van der Waals surface area contributed by atoms with Crippen molar-refractivity contribution in [2.24, 2.45) is 0 Å². The highest BCUT2D eigenvalue weighted by molar-refractivity contribution is 5.87. The highest BCUT2D eigenvalue weighted by atomic mass is 16.7. The van der Waals surface area contributed by atoms with Crippen molar-refractivity contribution in [1.29, 1.82) is 0 Å². The lowest BCUT2D eigenvalue weighted by molar-refractivity contribution is -0.0952. The van der Waals surface area contributed by atoms with Gasteiger partial charge in [-0.05, 0) is 102 Å². The molecule has 1 aliphatic heterocycles. The van der Waals surface area contributed by atoms with Crippen LogP contribution in [0.15, 0.2) is 134 Å². The molecule has 13 heteroatoms. The van der Waals surface area contributed by atoms with E-state index in [0.717, 1.165) is 5.56 Å². The smallest absolute Gasteiger partial charge is 0.339 e. The van der Waals surface area contributed by atoms with Gasteiger partial charge < -0.3 is 42.1 Å². The summed E-state index contributed by atoms with van der Waals surface area (Å²) in [7, 11) is 0. The van der Waals surface area contributed by atoms with Crippen molar-refractivity contribution in [2.45, 2.75) is 32.7 Å². The summed E-state index contributed by atoms with van der Waals surface area (Å²) < 4.78 is 40.9. The molecule has 2 N–H and O–H groups in total. The first-order valence-corrected chi connectivity index (χ1v) is 17.9. The summed E-state index contributed by atoms with van der Waals surface area (Å²) in [6.45, 7) is 2.07. The molecular weight excluding hydrogens is 736 g/mol. The Morgan fingerprint density at radius 1 is 0.632 bits per heavy atom. The molecule has 0 saturated heterocycles. The van der Waals surface area contributed by atoms with Crippen LogP contribution in [-0.2, 0) is 24.2 Å². The van der Waals surface area contributed by atoms with Crippen LogP contribution in [0.2, 0.25) is 0 Å². The molecule has 0 amide bonds. The number of ether oxygens (including phenoxy) is 3. The lowest BCUT2D eigenvalue weighted by atomic mass is 9.95. The molecule has 13 nitrogen and oxygen atoms in total. The fourth-order valence-corrected chi connectivity index (χ4v) is 7.28. The number of phenolic OH excluding ortho intramolecular Hbond substituents is 2. The molecule has 8 aromatic rings. The molecular formula is C44H30O13. The van der Waals surface area contributed by atoms with E-state index >= 15 is 0 Å². The summed E-state index contributed by atoms with van der Waals surface area (Å²) in [4.78, 5) is 51.4. The van der Waals surface area contributed by atoms with Crippen molar-refractivity contribution < 1.29 is 42.1 Å². The van der Waals surface area contributed by atoms with Crippen molar-refractivity contribution in [3.63, 3.8) is 0 Å². The molecule has 5 heterocycles. The van der Waals surface area contributed by atoms with Crippen LogP contribution in [0.1, 0.15) is 46.6 Å². The van der Waals surface area contributed by atoms with E-state index in [1.54, 1.807) is 42.5 Å². The second-order valence-corrected chi connectivity index (χ2v) is 13.5. The number of benzene rings is 4. The van der Waals surface area contributed by atoms with E-state index in [-0.39, 0.29) is 47.9 Å². The minimum atomic E-state index is -1.16. The minimum Gasteiger partial charge on any atom is -0.508 e. The van der Waals surface area contributed by atoms with Gasteiger partial charge in [-0.2, -0.15) is 0 Å². The van der Waals surface area contributed by atoms with E-state index in [9.17, 15) is 29.4 Å². The molecule has 57 heavy (non-hydrogen) atoms. The van der Waals surface area contributed by atoms with E-state index in [1.807, 2.05) is 6.92 Å². The van der Waals surface area contributed by atoms with Gasteiger partial charge in [0.05, 0.1) is 29.7 Å². The first-order chi connectivity index (χ1) is 27.6. The number of aromatic hydroxyl groups is 2. The van der Waals surface area contributed by atoms with Gasteiger partial charge in [0.25, 0.3) is 0 Å².